The van der Waals surface area contributed by atoms with Crippen molar-refractivity contribution in [1.29, 1.82) is 0 Å². The van der Waals surface area contributed by atoms with Crippen molar-refractivity contribution in [2.24, 2.45) is 9.98 Å². The van der Waals surface area contributed by atoms with Gasteiger partial charge in [0.15, 0.2) is 0 Å². The third-order valence-electron chi connectivity index (χ3n) is 3.49. The molecule has 0 saturated heterocycles. The van der Waals surface area contributed by atoms with E-state index in [9.17, 15) is 0 Å². The van der Waals surface area contributed by atoms with E-state index in [0.717, 1.165) is 21.3 Å². The number of nitrogens with zero attached hydrogens (tertiary/aromatic N) is 6. The summed E-state index contributed by atoms with van der Waals surface area (Å²) in [6.07, 6.45) is 3.48. The van der Waals surface area contributed by atoms with Crippen LogP contribution in [0, 0.1) is 0 Å². The van der Waals surface area contributed by atoms with Crippen LogP contribution in [0.15, 0.2) is 43.9 Å². The molecular weight excluding hydrogens is 456 g/mol. The van der Waals surface area contributed by atoms with Gasteiger partial charge in [0.25, 0.3) is 0 Å². The van der Waals surface area contributed by atoms with Crippen LogP contribution in [0.5, 0.6) is 0 Å². The van der Waals surface area contributed by atoms with Crippen molar-refractivity contribution in [1.82, 2.24) is 19.9 Å². The van der Waals surface area contributed by atoms with Crippen molar-refractivity contribution in [3.8, 4) is 0 Å². The molecule has 0 spiro atoms. The molecule has 0 unspecified atom stereocenters. The zero-order valence-electron chi connectivity index (χ0n) is 13.6. The van der Waals surface area contributed by atoms with Crippen LogP contribution < -0.4 is 19.6 Å². The number of aromatic nitrogens is 4. The summed E-state index contributed by atoms with van der Waals surface area (Å²) in [5.74, 6) is 0. The normalized spacial score (nSPS) is 13.2. The topological polar surface area (TPSA) is 78.7 Å². The van der Waals surface area contributed by atoms with Crippen LogP contribution >= 0.6 is 45.3 Å². The van der Waals surface area contributed by atoms with Crippen LogP contribution in [0.25, 0.3) is 0 Å². The molecular formula is C15H12CuN6S4. The minimum atomic E-state index is -0.319. The van der Waals surface area contributed by atoms with E-state index in [1.165, 1.54) is 45.3 Å². The predicted molar refractivity (Wildman–Crippen MR) is 102 cm³/mol. The van der Waals surface area contributed by atoms with E-state index in [4.69, 9.17) is 0 Å². The Labute approximate surface area is 176 Å². The molecule has 0 aliphatic heterocycles. The third kappa shape index (κ3) is 4.13. The van der Waals surface area contributed by atoms with Crippen LogP contribution in [-0.2, 0) is 22.5 Å². The van der Waals surface area contributed by atoms with E-state index in [0.29, 0.717) is 9.93 Å². The summed E-state index contributed by atoms with van der Waals surface area (Å²) in [4.78, 5) is 28.0. The molecule has 0 N–H and O–H groups in total. The largest absolute Gasteiger partial charge is 2.00 e. The molecule has 11 heteroatoms. The van der Waals surface area contributed by atoms with Crippen molar-refractivity contribution >= 4 is 55.6 Å². The Bertz CT molecular complexity index is 1080. The zero-order valence-corrected chi connectivity index (χ0v) is 17.8. The molecule has 4 rings (SSSR count). The second-order valence-electron chi connectivity index (χ2n) is 5.51. The van der Waals surface area contributed by atoms with Gasteiger partial charge < -0.3 is 20.0 Å². The molecule has 0 atom stereocenters. The van der Waals surface area contributed by atoms with Gasteiger partial charge in [-0.05, 0) is 21.3 Å². The Morgan fingerprint density at radius 1 is 0.962 bits per heavy atom. The number of thiazole rings is 4. The van der Waals surface area contributed by atoms with E-state index in [-0.39, 0.29) is 22.5 Å². The molecule has 4 aromatic heterocycles. The molecule has 0 aliphatic rings. The van der Waals surface area contributed by atoms with Gasteiger partial charge in [0.1, 0.15) is 10.3 Å². The van der Waals surface area contributed by atoms with Crippen LogP contribution in [0.2, 0.25) is 0 Å². The summed E-state index contributed by atoms with van der Waals surface area (Å²) in [7, 11) is 0. The van der Waals surface area contributed by atoms with Gasteiger partial charge in [-0.25, -0.2) is 9.97 Å². The molecule has 1 radical (unpaired) electrons. The van der Waals surface area contributed by atoms with Gasteiger partial charge in [-0.3, -0.25) is 0 Å². The first-order valence-corrected chi connectivity index (χ1v) is 10.8. The second-order valence-corrected chi connectivity index (χ2v) is 8.93. The van der Waals surface area contributed by atoms with Gasteiger partial charge in [-0.2, -0.15) is 22.7 Å². The zero-order chi connectivity index (χ0) is 17.3. The van der Waals surface area contributed by atoms with Gasteiger partial charge in [0.05, 0.1) is 5.69 Å². The Balaban J connectivity index is 0.00000196. The Morgan fingerprint density at radius 2 is 1.81 bits per heavy atom. The van der Waals surface area contributed by atoms with Crippen LogP contribution in [-0.4, -0.2) is 9.97 Å². The number of hydrogen-bond acceptors (Lipinski definition) is 8. The fourth-order valence-electron chi connectivity index (χ4n) is 2.04. The molecule has 4 aromatic rings. The molecule has 0 aliphatic carbocycles. The second kappa shape index (κ2) is 8.12. The molecule has 0 amide bonds. The van der Waals surface area contributed by atoms with Crippen LogP contribution in [0.1, 0.15) is 25.2 Å². The summed E-state index contributed by atoms with van der Waals surface area (Å²) in [5.41, 5.74) is 1.57. The molecule has 4 heterocycles. The summed E-state index contributed by atoms with van der Waals surface area (Å²) >= 11 is 6.02. The average molecular weight is 468 g/mol. The third-order valence-corrected chi connectivity index (χ3v) is 6.29. The van der Waals surface area contributed by atoms with Gasteiger partial charge in [-0.15, -0.1) is 22.7 Å². The Hall–Kier alpha value is -1.36. The molecule has 0 bridgehead atoms. The molecule has 0 aromatic carbocycles. The van der Waals surface area contributed by atoms with E-state index >= 15 is 0 Å². The summed E-state index contributed by atoms with van der Waals surface area (Å²) in [5, 5.41) is 9.30. The van der Waals surface area contributed by atoms with Gasteiger partial charge in [0.2, 0.25) is 0 Å². The average Bonchev–Trinajstić information content (AvgIpc) is 3.37. The maximum Gasteiger partial charge on any atom is 2.00 e. The van der Waals surface area contributed by atoms with Gasteiger partial charge in [0, 0.05) is 27.2 Å². The first-order chi connectivity index (χ1) is 12.1. The molecule has 0 saturated carbocycles. The standard InChI is InChI=1S/C15H12N6S4.Cu/c1-15(2,9-7-24-13(18-9)20-11-16-3-5-22-11)10-8-25-14(19-10)21-12-17-4-6-23-12;/h3-8H,1-2H3;/q-2;+2. The van der Waals surface area contributed by atoms with Crippen molar-refractivity contribution in [3.63, 3.8) is 0 Å². The van der Waals surface area contributed by atoms with E-state index < -0.39 is 0 Å². The Morgan fingerprint density at radius 3 is 2.54 bits per heavy atom. The molecule has 26 heavy (non-hydrogen) atoms. The SMILES string of the molecule is CC(C)(c1csc(/N=c2\[n-]ccs2)n1)c1cs/c(=N/c2nccs2)[n-]1.[Cu+2]. The monoisotopic (exact) mass is 467 g/mol. The molecule has 137 valence electrons. The summed E-state index contributed by atoms with van der Waals surface area (Å²) in [6.45, 7) is 4.22. The molecule has 0 fully saturated rings. The number of hydrogen-bond donors (Lipinski definition) is 0. The van der Waals surface area contributed by atoms with Crippen molar-refractivity contribution in [3.05, 3.63) is 54.9 Å². The first kappa shape index (κ1) is 19.4. The number of rotatable bonds is 4. The van der Waals surface area contributed by atoms with Gasteiger partial charge in [-0.1, -0.05) is 20.0 Å². The predicted octanol–water partition coefficient (Wildman–Crippen LogP) is 3.43. The van der Waals surface area contributed by atoms with Crippen LogP contribution in [0.4, 0.5) is 10.3 Å². The minimum Gasteiger partial charge on any atom is -0.433 e. The Kier molecular flexibility index (Phi) is 6.06. The fraction of sp³-hybridized carbons (Fsp3) is 0.200. The summed E-state index contributed by atoms with van der Waals surface area (Å²) < 4.78 is 0. The molecule has 6 nitrogen and oxygen atoms in total. The van der Waals surface area contributed by atoms with E-state index in [2.05, 4.69) is 43.8 Å². The van der Waals surface area contributed by atoms with Gasteiger partial charge >= 0.3 is 17.1 Å². The quantitative estimate of drug-likeness (QED) is 0.431. The van der Waals surface area contributed by atoms with Crippen molar-refractivity contribution < 1.29 is 17.1 Å². The van der Waals surface area contributed by atoms with E-state index in [1.807, 2.05) is 21.5 Å². The minimum absolute atomic E-state index is 0. The smallest absolute Gasteiger partial charge is 0.433 e. The summed E-state index contributed by atoms with van der Waals surface area (Å²) in [6, 6.07) is 0. The van der Waals surface area contributed by atoms with Crippen LogP contribution in [0.3, 0.4) is 0 Å². The maximum atomic E-state index is 4.66. The fourth-order valence-corrected chi connectivity index (χ4v) is 4.88. The van der Waals surface area contributed by atoms with Crippen molar-refractivity contribution in [2.75, 3.05) is 0 Å². The van der Waals surface area contributed by atoms with Crippen molar-refractivity contribution in [2.45, 2.75) is 19.3 Å². The first-order valence-electron chi connectivity index (χ1n) is 7.26. The van der Waals surface area contributed by atoms with E-state index in [1.54, 1.807) is 12.4 Å². The maximum absolute atomic E-state index is 4.66.